The van der Waals surface area contributed by atoms with Crippen molar-refractivity contribution in [2.24, 2.45) is 10.7 Å². The molecular formula is C21H27N3O. The Morgan fingerprint density at radius 3 is 2.44 bits per heavy atom. The molecule has 0 radical (unpaired) electrons. The van der Waals surface area contributed by atoms with E-state index in [9.17, 15) is 0 Å². The molecule has 0 bridgehead atoms. The van der Waals surface area contributed by atoms with Gasteiger partial charge in [-0.15, -0.1) is 0 Å². The highest BCUT2D eigenvalue weighted by atomic mass is 16.5. The molecule has 132 valence electrons. The average Bonchev–Trinajstić information content (AvgIpc) is 2.55. The Balaban J connectivity index is 1.98. The van der Waals surface area contributed by atoms with E-state index in [1.165, 1.54) is 0 Å². The predicted molar refractivity (Wildman–Crippen MR) is 107 cm³/mol. The molecule has 0 aromatic heterocycles. The van der Waals surface area contributed by atoms with Crippen LogP contribution < -0.4 is 15.8 Å². The van der Waals surface area contributed by atoms with E-state index in [2.05, 4.69) is 16.9 Å². The van der Waals surface area contributed by atoms with Crippen molar-refractivity contribution in [1.82, 2.24) is 0 Å². The van der Waals surface area contributed by atoms with Crippen LogP contribution in [-0.2, 0) is 6.54 Å². The molecular weight excluding hydrogens is 310 g/mol. The van der Waals surface area contributed by atoms with Crippen molar-refractivity contribution < 1.29 is 4.74 Å². The number of allylic oxidation sites excluding steroid dienone is 1. The number of nitrogens with two attached hydrogens (primary N) is 1. The van der Waals surface area contributed by atoms with Gasteiger partial charge in [-0.25, -0.2) is 4.99 Å². The summed E-state index contributed by atoms with van der Waals surface area (Å²) in [5, 5.41) is 3.12. The van der Waals surface area contributed by atoms with Crippen molar-refractivity contribution in [2.45, 2.75) is 40.3 Å². The van der Waals surface area contributed by atoms with Crippen molar-refractivity contribution in [1.29, 1.82) is 0 Å². The third-order valence-corrected chi connectivity index (χ3v) is 3.69. The number of guanidine groups is 1. The highest BCUT2D eigenvalue weighted by molar-refractivity contribution is 5.92. The molecule has 0 unspecified atom stereocenters. The molecule has 0 saturated carbocycles. The van der Waals surface area contributed by atoms with Crippen molar-refractivity contribution in [2.75, 3.05) is 5.32 Å². The Kier molecular flexibility index (Phi) is 6.23. The molecule has 0 amide bonds. The van der Waals surface area contributed by atoms with Crippen LogP contribution in [0.25, 0.3) is 5.57 Å². The van der Waals surface area contributed by atoms with E-state index in [1.54, 1.807) is 0 Å². The number of aliphatic imine (C=N–C) groups is 1. The van der Waals surface area contributed by atoms with Crippen LogP contribution in [0.15, 0.2) is 54.0 Å². The van der Waals surface area contributed by atoms with Crippen LogP contribution in [0.5, 0.6) is 5.75 Å². The lowest BCUT2D eigenvalue weighted by atomic mass is 10.1. The summed E-state index contributed by atoms with van der Waals surface area (Å²) in [7, 11) is 0. The zero-order valence-electron chi connectivity index (χ0n) is 15.5. The number of rotatable bonds is 6. The number of nitrogens with one attached hydrogen (secondary N) is 1. The highest BCUT2D eigenvalue weighted by Crippen LogP contribution is 2.23. The molecule has 0 heterocycles. The SMILES string of the molecule is C=C(C)c1ccc(CN=C(N)Nc2ccc(OC(C)C)c(C)c2)cc1. The van der Waals surface area contributed by atoms with Gasteiger partial charge in [0.2, 0.25) is 0 Å². The molecule has 4 heteroatoms. The molecule has 4 nitrogen and oxygen atoms in total. The van der Waals surface area contributed by atoms with Gasteiger partial charge in [-0.3, -0.25) is 0 Å². The second kappa shape index (κ2) is 8.38. The molecule has 0 aliphatic carbocycles. The van der Waals surface area contributed by atoms with Gasteiger partial charge in [0.15, 0.2) is 5.96 Å². The maximum Gasteiger partial charge on any atom is 0.193 e. The normalized spacial score (nSPS) is 11.5. The summed E-state index contributed by atoms with van der Waals surface area (Å²) in [5.74, 6) is 1.27. The van der Waals surface area contributed by atoms with Crippen LogP contribution in [0.1, 0.15) is 37.5 Å². The Bertz CT molecular complexity index is 761. The second-order valence-electron chi connectivity index (χ2n) is 6.45. The molecule has 0 atom stereocenters. The zero-order valence-corrected chi connectivity index (χ0v) is 15.5. The molecule has 3 N–H and O–H groups in total. The molecule has 0 saturated heterocycles. The largest absolute Gasteiger partial charge is 0.491 e. The summed E-state index contributed by atoms with van der Waals surface area (Å²) in [5.41, 5.74) is 11.2. The number of hydrogen-bond acceptors (Lipinski definition) is 2. The zero-order chi connectivity index (χ0) is 18.4. The third-order valence-electron chi connectivity index (χ3n) is 3.69. The summed E-state index contributed by atoms with van der Waals surface area (Å²) in [6, 6.07) is 14.1. The second-order valence-corrected chi connectivity index (χ2v) is 6.45. The van der Waals surface area contributed by atoms with Gasteiger partial charge in [0.1, 0.15) is 5.75 Å². The van der Waals surface area contributed by atoms with Crippen molar-refractivity contribution in [3.8, 4) is 5.75 Å². The van der Waals surface area contributed by atoms with E-state index in [0.29, 0.717) is 12.5 Å². The van der Waals surface area contributed by atoms with Crippen molar-refractivity contribution in [3.63, 3.8) is 0 Å². The molecule has 2 aromatic rings. The predicted octanol–water partition coefficient (Wildman–Crippen LogP) is 4.74. The van der Waals surface area contributed by atoms with Crippen LogP contribution in [0, 0.1) is 6.92 Å². The van der Waals surface area contributed by atoms with Gasteiger partial charge in [-0.2, -0.15) is 0 Å². The molecule has 2 rings (SSSR count). The number of ether oxygens (including phenoxy) is 1. The monoisotopic (exact) mass is 337 g/mol. The Morgan fingerprint density at radius 1 is 1.20 bits per heavy atom. The van der Waals surface area contributed by atoms with Crippen LogP contribution in [0.2, 0.25) is 0 Å². The van der Waals surface area contributed by atoms with Crippen LogP contribution in [-0.4, -0.2) is 12.1 Å². The number of hydrogen-bond donors (Lipinski definition) is 2. The summed E-state index contributed by atoms with van der Waals surface area (Å²) in [6.45, 7) is 12.5. The molecule has 0 fully saturated rings. The van der Waals surface area contributed by atoms with E-state index in [0.717, 1.165) is 33.7 Å². The number of nitrogens with zero attached hydrogens (tertiary/aromatic N) is 1. The van der Waals surface area contributed by atoms with E-state index in [-0.39, 0.29) is 6.10 Å². The minimum absolute atomic E-state index is 0.153. The Labute approximate surface area is 150 Å². The minimum Gasteiger partial charge on any atom is -0.491 e. The first kappa shape index (κ1) is 18.6. The minimum atomic E-state index is 0.153. The van der Waals surface area contributed by atoms with Gasteiger partial charge in [0.25, 0.3) is 0 Å². The van der Waals surface area contributed by atoms with Crippen molar-refractivity contribution in [3.05, 3.63) is 65.7 Å². The fourth-order valence-electron chi connectivity index (χ4n) is 2.37. The fourth-order valence-corrected chi connectivity index (χ4v) is 2.37. The van der Waals surface area contributed by atoms with Gasteiger partial charge in [0, 0.05) is 5.69 Å². The first-order valence-corrected chi connectivity index (χ1v) is 8.44. The molecule has 0 spiro atoms. The Hall–Kier alpha value is -2.75. The third kappa shape index (κ3) is 5.68. The number of benzene rings is 2. The van der Waals surface area contributed by atoms with Gasteiger partial charge < -0.3 is 15.8 Å². The van der Waals surface area contributed by atoms with Crippen molar-refractivity contribution >= 4 is 17.2 Å². The smallest absolute Gasteiger partial charge is 0.193 e. The summed E-state index contributed by atoms with van der Waals surface area (Å²) in [4.78, 5) is 4.39. The number of aryl methyl sites for hydroxylation is 1. The maximum absolute atomic E-state index is 5.99. The van der Waals surface area contributed by atoms with Crippen LogP contribution >= 0.6 is 0 Å². The summed E-state index contributed by atoms with van der Waals surface area (Å²) in [6.07, 6.45) is 0.153. The molecule has 2 aromatic carbocycles. The van der Waals surface area contributed by atoms with E-state index in [1.807, 2.05) is 70.2 Å². The standard InChI is InChI=1S/C21H27N3O/c1-14(2)18-8-6-17(7-9-18)13-23-21(22)24-19-10-11-20(16(5)12-19)25-15(3)4/h6-12,15H,1,13H2,2-5H3,(H3,22,23,24). The van der Waals surface area contributed by atoms with Crippen LogP contribution in [0.4, 0.5) is 5.69 Å². The van der Waals surface area contributed by atoms with E-state index >= 15 is 0 Å². The molecule has 0 aliphatic rings. The van der Waals surface area contributed by atoms with Gasteiger partial charge >= 0.3 is 0 Å². The topological polar surface area (TPSA) is 59.6 Å². The lowest BCUT2D eigenvalue weighted by Crippen LogP contribution is -2.22. The lowest BCUT2D eigenvalue weighted by Gasteiger charge is -2.14. The first-order chi connectivity index (χ1) is 11.8. The van der Waals surface area contributed by atoms with Gasteiger partial charge in [0.05, 0.1) is 12.6 Å². The Morgan fingerprint density at radius 2 is 1.88 bits per heavy atom. The maximum atomic E-state index is 5.99. The van der Waals surface area contributed by atoms with E-state index < -0.39 is 0 Å². The van der Waals surface area contributed by atoms with Gasteiger partial charge in [-0.1, -0.05) is 36.4 Å². The molecule has 25 heavy (non-hydrogen) atoms. The highest BCUT2D eigenvalue weighted by Gasteiger charge is 2.04. The van der Waals surface area contributed by atoms with Crippen LogP contribution in [0.3, 0.4) is 0 Å². The first-order valence-electron chi connectivity index (χ1n) is 8.44. The quantitative estimate of drug-likeness (QED) is 0.591. The fraction of sp³-hybridized carbons (Fsp3) is 0.286. The molecule has 0 aliphatic heterocycles. The summed E-state index contributed by atoms with van der Waals surface area (Å²) >= 11 is 0. The van der Waals surface area contributed by atoms with E-state index in [4.69, 9.17) is 10.5 Å². The van der Waals surface area contributed by atoms with Gasteiger partial charge in [-0.05, 0) is 62.6 Å². The number of anilines is 1. The summed E-state index contributed by atoms with van der Waals surface area (Å²) < 4.78 is 5.74. The average molecular weight is 337 g/mol. The lowest BCUT2D eigenvalue weighted by molar-refractivity contribution is 0.241.